The zero-order chi connectivity index (χ0) is 19.7. The molecule has 1 fully saturated rings. The van der Waals surface area contributed by atoms with E-state index in [1.807, 2.05) is 6.07 Å². The predicted octanol–water partition coefficient (Wildman–Crippen LogP) is 3.74. The van der Waals surface area contributed by atoms with E-state index in [2.05, 4.69) is 10.6 Å². The number of halogens is 1. The topological polar surface area (TPSA) is 87.7 Å². The molecule has 144 valence electrons. The number of ether oxygens (including phenoxy) is 1. The number of carbonyl (C=O) groups excluding carboxylic acids is 3. The van der Waals surface area contributed by atoms with Crippen molar-refractivity contribution in [2.45, 2.75) is 16.6 Å². The fourth-order valence-corrected chi connectivity index (χ4v) is 4.32. The average molecular weight is 418 g/mol. The second-order valence-electron chi connectivity index (χ2n) is 6.27. The van der Waals surface area contributed by atoms with Gasteiger partial charge < -0.3 is 15.4 Å². The highest BCUT2D eigenvalue weighted by Gasteiger charge is 2.30. The molecule has 2 aromatic carbocycles. The van der Waals surface area contributed by atoms with Crippen LogP contribution < -0.4 is 15.5 Å². The number of amides is 3. The van der Waals surface area contributed by atoms with E-state index < -0.39 is 11.3 Å². The van der Waals surface area contributed by atoms with Crippen LogP contribution in [-0.4, -0.2) is 36.3 Å². The molecule has 4 rings (SSSR count). The van der Waals surface area contributed by atoms with Crippen LogP contribution in [0.25, 0.3) is 0 Å². The molecule has 1 atom stereocenters. The average Bonchev–Trinajstić information content (AvgIpc) is 3.09. The van der Waals surface area contributed by atoms with E-state index in [1.54, 1.807) is 36.4 Å². The second kappa shape index (κ2) is 7.73. The quantitative estimate of drug-likeness (QED) is 0.791. The van der Waals surface area contributed by atoms with Crippen molar-refractivity contribution in [3.05, 3.63) is 47.5 Å². The highest BCUT2D eigenvalue weighted by molar-refractivity contribution is 8.01. The molecular weight excluding hydrogens is 402 g/mol. The third-order valence-electron chi connectivity index (χ3n) is 4.36. The van der Waals surface area contributed by atoms with Gasteiger partial charge in [-0.3, -0.25) is 14.5 Å². The molecule has 9 heteroatoms. The van der Waals surface area contributed by atoms with Crippen molar-refractivity contribution in [2.24, 2.45) is 0 Å². The lowest BCUT2D eigenvalue weighted by Gasteiger charge is -2.24. The number of para-hydroxylation sites is 2. The van der Waals surface area contributed by atoms with Gasteiger partial charge in [0.2, 0.25) is 11.8 Å². The SMILES string of the molecule is O=C(C[C@@H]1Sc2ccc(Cl)cc2NC1=O)Nc1ccccc1N1CCOC1=O. The third kappa shape index (κ3) is 3.79. The molecule has 0 saturated carbocycles. The number of cyclic esters (lactones) is 1. The second-order valence-corrected chi connectivity index (χ2v) is 7.95. The zero-order valence-electron chi connectivity index (χ0n) is 14.6. The van der Waals surface area contributed by atoms with Crippen molar-refractivity contribution in [3.8, 4) is 0 Å². The normalized spacial score (nSPS) is 18.3. The van der Waals surface area contributed by atoms with Crippen molar-refractivity contribution >= 4 is 58.3 Å². The van der Waals surface area contributed by atoms with Crippen LogP contribution in [0.15, 0.2) is 47.4 Å². The number of hydrogen-bond acceptors (Lipinski definition) is 5. The largest absolute Gasteiger partial charge is 0.447 e. The molecule has 2 aromatic rings. The molecule has 2 aliphatic heterocycles. The number of fused-ring (bicyclic) bond motifs is 1. The Kier molecular flexibility index (Phi) is 5.15. The maximum Gasteiger partial charge on any atom is 0.414 e. The van der Waals surface area contributed by atoms with E-state index in [4.69, 9.17) is 16.3 Å². The molecule has 2 N–H and O–H groups in total. The fraction of sp³-hybridized carbons (Fsp3) is 0.211. The number of benzene rings is 2. The standard InChI is InChI=1S/C19H16ClN3O4S/c20-11-5-6-15-13(9-11)22-18(25)16(28-15)10-17(24)21-12-3-1-2-4-14(12)23-7-8-27-19(23)26/h1-6,9,16H,7-8,10H2,(H,21,24)(H,22,25)/t16-/m0/s1. The summed E-state index contributed by atoms with van der Waals surface area (Å²) in [6.45, 7) is 0.732. The van der Waals surface area contributed by atoms with E-state index in [-0.39, 0.29) is 18.2 Å². The summed E-state index contributed by atoms with van der Waals surface area (Å²) in [5, 5.41) is 5.57. The smallest absolute Gasteiger partial charge is 0.414 e. The van der Waals surface area contributed by atoms with E-state index >= 15 is 0 Å². The Hall–Kier alpha value is -2.71. The number of anilines is 3. The number of carbonyl (C=O) groups is 3. The van der Waals surface area contributed by atoms with Gasteiger partial charge in [-0.2, -0.15) is 0 Å². The minimum Gasteiger partial charge on any atom is -0.447 e. The van der Waals surface area contributed by atoms with Crippen LogP contribution in [0.1, 0.15) is 6.42 Å². The summed E-state index contributed by atoms with van der Waals surface area (Å²) in [6, 6.07) is 12.2. The molecular formula is C19H16ClN3O4S. The third-order valence-corrected chi connectivity index (χ3v) is 5.87. The number of thioether (sulfide) groups is 1. The van der Waals surface area contributed by atoms with Gasteiger partial charge in [-0.1, -0.05) is 23.7 Å². The summed E-state index contributed by atoms with van der Waals surface area (Å²) in [7, 11) is 0. The number of nitrogens with zero attached hydrogens (tertiary/aromatic N) is 1. The lowest BCUT2D eigenvalue weighted by atomic mass is 10.2. The van der Waals surface area contributed by atoms with E-state index in [1.165, 1.54) is 16.7 Å². The maximum absolute atomic E-state index is 12.6. The Morgan fingerprint density at radius 2 is 2.11 bits per heavy atom. The molecule has 7 nitrogen and oxygen atoms in total. The molecule has 0 aliphatic carbocycles. The zero-order valence-corrected chi connectivity index (χ0v) is 16.2. The Morgan fingerprint density at radius 3 is 2.89 bits per heavy atom. The van der Waals surface area contributed by atoms with E-state index in [0.717, 1.165) is 4.90 Å². The van der Waals surface area contributed by atoms with Crippen molar-refractivity contribution in [1.82, 2.24) is 0 Å². The highest BCUT2D eigenvalue weighted by atomic mass is 35.5. The van der Waals surface area contributed by atoms with Gasteiger partial charge in [0.15, 0.2) is 0 Å². The number of rotatable bonds is 4. The molecule has 3 amide bonds. The Morgan fingerprint density at radius 1 is 1.29 bits per heavy atom. The summed E-state index contributed by atoms with van der Waals surface area (Å²) in [5.74, 6) is -0.559. The van der Waals surface area contributed by atoms with Gasteiger partial charge in [0.05, 0.1) is 28.9 Å². The summed E-state index contributed by atoms with van der Waals surface area (Å²) in [5.41, 5.74) is 1.72. The van der Waals surface area contributed by atoms with Crippen LogP contribution in [0, 0.1) is 0 Å². The van der Waals surface area contributed by atoms with Gasteiger partial charge in [-0.15, -0.1) is 11.8 Å². The molecule has 0 radical (unpaired) electrons. The Balaban J connectivity index is 1.46. The van der Waals surface area contributed by atoms with E-state index in [9.17, 15) is 14.4 Å². The van der Waals surface area contributed by atoms with Crippen LogP contribution in [0.5, 0.6) is 0 Å². The highest BCUT2D eigenvalue weighted by Crippen LogP contribution is 2.38. The molecule has 0 bridgehead atoms. The van der Waals surface area contributed by atoms with Crippen molar-refractivity contribution in [3.63, 3.8) is 0 Å². The summed E-state index contributed by atoms with van der Waals surface area (Å²) < 4.78 is 4.97. The monoisotopic (exact) mass is 417 g/mol. The van der Waals surface area contributed by atoms with Crippen molar-refractivity contribution in [1.29, 1.82) is 0 Å². The molecule has 0 unspecified atom stereocenters. The van der Waals surface area contributed by atoms with Gasteiger partial charge in [0.1, 0.15) is 6.61 Å². The fourth-order valence-electron chi connectivity index (χ4n) is 3.05. The van der Waals surface area contributed by atoms with Gasteiger partial charge in [0.25, 0.3) is 0 Å². The minimum atomic E-state index is -0.558. The van der Waals surface area contributed by atoms with Gasteiger partial charge >= 0.3 is 6.09 Å². The van der Waals surface area contributed by atoms with Crippen molar-refractivity contribution < 1.29 is 19.1 Å². The molecule has 28 heavy (non-hydrogen) atoms. The number of nitrogens with one attached hydrogen (secondary N) is 2. The summed E-state index contributed by atoms with van der Waals surface area (Å²) in [6.07, 6.45) is -0.448. The van der Waals surface area contributed by atoms with Crippen LogP contribution >= 0.6 is 23.4 Å². The molecule has 0 spiro atoms. The maximum atomic E-state index is 12.6. The number of hydrogen-bond donors (Lipinski definition) is 2. The Bertz CT molecular complexity index is 968. The van der Waals surface area contributed by atoms with Gasteiger partial charge in [-0.05, 0) is 30.3 Å². The first-order valence-electron chi connectivity index (χ1n) is 8.61. The predicted molar refractivity (Wildman–Crippen MR) is 108 cm³/mol. The Labute approximate surface area is 170 Å². The van der Waals surface area contributed by atoms with Crippen LogP contribution in [0.2, 0.25) is 5.02 Å². The summed E-state index contributed by atoms with van der Waals surface area (Å²) in [4.78, 5) is 39.1. The first-order chi connectivity index (χ1) is 13.5. The van der Waals surface area contributed by atoms with Crippen molar-refractivity contribution in [2.75, 3.05) is 28.7 Å². The molecule has 1 saturated heterocycles. The lowest BCUT2D eigenvalue weighted by molar-refractivity contribution is -0.120. The van der Waals surface area contributed by atoms with Crippen LogP contribution in [-0.2, 0) is 14.3 Å². The molecule has 2 aliphatic rings. The van der Waals surface area contributed by atoms with Crippen LogP contribution in [0.4, 0.5) is 21.9 Å². The molecule has 0 aromatic heterocycles. The minimum absolute atomic E-state index is 0.00263. The van der Waals surface area contributed by atoms with E-state index in [0.29, 0.717) is 35.2 Å². The molecule has 2 heterocycles. The van der Waals surface area contributed by atoms with Crippen LogP contribution in [0.3, 0.4) is 0 Å². The van der Waals surface area contributed by atoms with Gasteiger partial charge in [0, 0.05) is 16.3 Å². The summed E-state index contributed by atoms with van der Waals surface area (Å²) >= 11 is 7.28. The lowest BCUT2D eigenvalue weighted by Crippen LogP contribution is -2.32. The first kappa shape index (κ1) is 18.6. The first-order valence-corrected chi connectivity index (χ1v) is 9.87. The van der Waals surface area contributed by atoms with Gasteiger partial charge in [-0.25, -0.2) is 4.79 Å².